The van der Waals surface area contributed by atoms with Crippen LogP contribution < -0.4 is 10.6 Å². The Hall–Kier alpha value is -1.79. The summed E-state index contributed by atoms with van der Waals surface area (Å²) in [6.45, 7) is 6.69. The molecule has 0 aromatic carbocycles. The number of hydrogen-bond acceptors (Lipinski definition) is 3. The number of carboxylic acids is 1. The summed E-state index contributed by atoms with van der Waals surface area (Å²) in [5, 5.41) is 14.2. The number of likely N-dealkylation sites (tertiary alicyclic amines) is 1. The second kappa shape index (κ2) is 7.85. The molecule has 0 saturated carbocycles. The van der Waals surface area contributed by atoms with Gasteiger partial charge in [-0.1, -0.05) is 13.8 Å². The predicted octanol–water partition coefficient (Wildman–Crippen LogP) is 0.796. The molecule has 0 spiro atoms. The number of carboxylic acid groups (broad SMARTS) is 1. The Kier molecular flexibility index (Phi) is 6.45. The van der Waals surface area contributed by atoms with Gasteiger partial charge in [-0.05, 0) is 25.7 Å². The van der Waals surface area contributed by atoms with Crippen molar-refractivity contribution in [3.63, 3.8) is 0 Å². The lowest BCUT2D eigenvalue weighted by Gasteiger charge is -2.25. The minimum atomic E-state index is -0.914. The molecule has 0 aromatic rings. The number of hydrogen-bond donors (Lipinski definition) is 3. The van der Waals surface area contributed by atoms with Gasteiger partial charge in [0.05, 0.1) is 6.42 Å². The van der Waals surface area contributed by atoms with E-state index in [-0.39, 0.29) is 24.4 Å². The van der Waals surface area contributed by atoms with Crippen molar-refractivity contribution >= 4 is 17.9 Å². The summed E-state index contributed by atoms with van der Waals surface area (Å²) >= 11 is 0. The quantitative estimate of drug-likeness (QED) is 0.675. The number of aliphatic carboxylic acids is 1. The number of nitrogens with zero attached hydrogens (tertiary/aromatic N) is 1. The average molecular weight is 299 g/mol. The number of carbonyl (C=O) groups is 3. The molecular formula is C14H25N3O4. The summed E-state index contributed by atoms with van der Waals surface area (Å²) in [7, 11) is 0. The predicted molar refractivity (Wildman–Crippen MR) is 77.8 cm³/mol. The molecule has 0 bridgehead atoms. The lowest BCUT2D eigenvalue weighted by molar-refractivity contribution is -0.138. The second-order valence-electron chi connectivity index (χ2n) is 5.90. The lowest BCUT2D eigenvalue weighted by atomic mass is 10.1. The van der Waals surface area contributed by atoms with Gasteiger partial charge in [0, 0.05) is 19.1 Å². The largest absolute Gasteiger partial charge is 0.481 e. The summed E-state index contributed by atoms with van der Waals surface area (Å²) in [4.78, 5) is 36.2. The van der Waals surface area contributed by atoms with E-state index in [1.165, 1.54) is 4.90 Å². The highest BCUT2D eigenvalue weighted by molar-refractivity contribution is 5.87. The van der Waals surface area contributed by atoms with E-state index in [4.69, 9.17) is 5.11 Å². The number of nitrogens with one attached hydrogen (secondary N) is 2. The Bertz CT molecular complexity index is 398. The molecule has 21 heavy (non-hydrogen) atoms. The molecule has 2 unspecified atom stereocenters. The van der Waals surface area contributed by atoms with Gasteiger partial charge >= 0.3 is 12.0 Å². The van der Waals surface area contributed by atoms with E-state index in [2.05, 4.69) is 10.6 Å². The summed E-state index contributed by atoms with van der Waals surface area (Å²) in [6.07, 6.45) is 1.42. The zero-order valence-corrected chi connectivity index (χ0v) is 12.9. The van der Waals surface area contributed by atoms with Gasteiger partial charge in [0.2, 0.25) is 5.91 Å². The van der Waals surface area contributed by atoms with E-state index in [1.807, 2.05) is 13.8 Å². The third-order valence-corrected chi connectivity index (χ3v) is 3.47. The Labute approximate surface area is 125 Å². The van der Waals surface area contributed by atoms with Crippen molar-refractivity contribution in [1.29, 1.82) is 0 Å². The van der Waals surface area contributed by atoms with Crippen LogP contribution in [0.2, 0.25) is 0 Å². The Morgan fingerprint density at radius 1 is 1.29 bits per heavy atom. The van der Waals surface area contributed by atoms with E-state index in [0.29, 0.717) is 25.4 Å². The maximum absolute atomic E-state index is 12.1. The van der Waals surface area contributed by atoms with Gasteiger partial charge < -0.3 is 20.6 Å². The maximum Gasteiger partial charge on any atom is 0.318 e. The minimum Gasteiger partial charge on any atom is -0.481 e. The van der Waals surface area contributed by atoms with Gasteiger partial charge in [-0.25, -0.2) is 4.79 Å². The van der Waals surface area contributed by atoms with Crippen LogP contribution in [0.5, 0.6) is 0 Å². The molecule has 1 aliphatic rings. The first-order valence-corrected chi connectivity index (χ1v) is 7.38. The normalized spacial score (nSPS) is 19.4. The van der Waals surface area contributed by atoms with Crippen molar-refractivity contribution in [3.8, 4) is 0 Å². The average Bonchev–Trinajstić information content (AvgIpc) is 2.82. The van der Waals surface area contributed by atoms with Crippen LogP contribution in [-0.4, -0.2) is 53.1 Å². The van der Waals surface area contributed by atoms with Crippen molar-refractivity contribution < 1.29 is 19.5 Å². The zero-order valence-electron chi connectivity index (χ0n) is 12.9. The lowest BCUT2D eigenvalue weighted by Crippen LogP contribution is -2.51. The van der Waals surface area contributed by atoms with Gasteiger partial charge in [0.15, 0.2) is 0 Å². The van der Waals surface area contributed by atoms with Crippen LogP contribution >= 0.6 is 0 Å². The summed E-state index contributed by atoms with van der Waals surface area (Å²) in [5.41, 5.74) is 0. The van der Waals surface area contributed by atoms with Crippen LogP contribution in [0.3, 0.4) is 0 Å². The standard InChI is InChI=1S/C14H25N3O4/c1-9(2)8-15-13(20)10(3)16-14(21)17-6-4-5-11(17)7-12(18)19/h9-11H,4-8H2,1-3H3,(H,15,20)(H,16,21)(H,18,19). The van der Waals surface area contributed by atoms with Crippen molar-refractivity contribution in [3.05, 3.63) is 0 Å². The molecule has 1 heterocycles. The van der Waals surface area contributed by atoms with Crippen LogP contribution in [0.25, 0.3) is 0 Å². The number of rotatable bonds is 6. The highest BCUT2D eigenvalue weighted by atomic mass is 16.4. The van der Waals surface area contributed by atoms with Gasteiger partial charge in [-0.15, -0.1) is 0 Å². The van der Waals surface area contributed by atoms with Crippen LogP contribution in [0, 0.1) is 5.92 Å². The van der Waals surface area contributed by atoms with E-state index in [0.717, 1.165) is 6.42 Å². The van der Waals surface area contributed by atoms with Gasteiger partial charge in [-0.3, -0.25) is 9.59 Å². The first kappa shape index (κ1) is 17.3. The molecule has 0 aliphatic carbocycles. The van der Waals surface area contributed by atoms with E-state index >= 15 is 0 Å². The topological polar surface area (TPSA) is 98.7 Å². The Morgan fingerprint density at radius 3 is 2.52 bits per heavy atom. The van der Waals surface area contributed by atoms with Crippen molar-refractivity contribution in [2.45, 2.75) is 52.1 Å². The third kappa shape index (κ3) is 5.61. The van der Waals surface area contributed by atoms with Crippen LogP contribution in [-0.2, 0) is 9.59 Å². The molecular weight excluding hydrogens is 274 g/mol. The third-order valence-electron chi connectivity index (χ3n) is 3.47. The number of carbonyl (C=O) groups excluding carboxylic acids is 2. The van der Waals surface area contributed by atoms with Crippen LogP contribution in [0.4, 0.5) is 4.79 Å². The van der Waals surface area contributed by atoms with Gasteiger partial charge in [0.1, 0.15) is 6.04 Å². The molecule has 1 saturated heterocycles. The molecule has 120 valence electrons. The van der Waals surface area contributed by atoms with Gasteiger partial charge in [-0.2, -0.15) is 0 Å². The molecule has 3 N–H and O–H groups in total. The van der Waals surface area contributed by atoms with E-state index in [9.17, 15) is 14.4 Å². The first-order valence-electron chi connectivity index (χ1n) is 7.38. The first-order chi connectivity index (χ1) is 9.81. The molecule has 3 amide bonds. The molecule has 7 heteroatoms. The van der Waals surface area contributed by atoms with Crippen LogP contribution in [0.1, 0.15) is 40.0 Å². The smallest absolute Gasteiger partial charge is 0.318 e. The highest BCUT2D eigenvalue weighted by Crippen LogP contribution is 2.20. The monoisotopic (exact) mass is 299 g/mol. The fraction of sp³-hybridized carbons (Fsp3) is 0.786. The molecule has 1 rings (SSSR count). The summed E-state index contributed by atoms with van der Waals surface area (Å²) in [5.74, 6) is -0.802. The van der Waals surface area contributed by atoms with Crippen molar-refractivity contribution in [1.82, 2.24) is 15.5 Å². The number of urea groups is 1. The Balaban J connectivity index is 2.47. The van der Waals surface area contributed by atoms with Gasteiger partial charge in [0.25, 0.3) is 0 Å². The summed E-state index contributed by atoms with van der Waals surface area (Å²) in [6, 6.07) is -1.29. The highest BCUT2D eigenvalue weighted by Gasteiger charge is 2.31. The molecule has 0 radical (unpaired) electrons. The molecule has 0 aromatic heterocycles. The SMILES string of the molecule is CC(C)CNC(=O)C(C)NC(=O)N1CCCC1CC(=O)O. The van der Waals surface area contributed by atoms with Crippen molar-refractivity contribution in [2.75, 3.05) is 13.1 Å². The second-order valence-corrected chi connectivity index (χ2v) is 5.90. The van der Waals surface area contributed by atoms with E-state index < -0.39 is 12.0 Å². The molecule has 1 fully saturated rings. The van der Waals surface area contributed by atoms with E-state index in [1.54, 1.807) is 6.92 Å². The fourth-order valence-corrected chi connectivity index (χ4v) is 2.31. The van der Waals surface area contributed by atoms with Crippen LogP contribution in [0.15, 0.2) is 0 Å². The Morgan fingerprint density at radius 2 is 1.95 bits per heavy atom. The fourth-order valence-electron chi connectivity index (χ4n) is 2.31. The number of amides is 3. The molecule has 7 nitrogen and oxygen atoms in total. The van der Waals surface area contributed by atoms with Crippen molar-refractivity contribution in [2.24, 2.45) is 5.92 Å². The molecule has 1 aliphatic heterocycles. The minimum absolute atomic E-state index is 0.0542. The zero-order chi connectivity index (χ0) is 16.0. The summed E-state index contributed by atoms with van der Waals surface area (Å²) < 4.78 is 0. The molecule has 2 atom stereocenters. The maximum atomic E-state index is 12.1.